The quantitative estimate of drug-likeness (QED) is 0.575. The van der Waals surface area contributed by atoms with Crippen molar-refractivity contribution >= 4 is 23.4 Å². The molecule has 1 aromatic rings. The Morgan fingerprint density at radius 3 is 3.11 bits per heavy atom. The fourth-order valence-corrected chi connectivity index (χ4v) is 3.23. The van der Waals surface area contributed by atoms with Crippen molar-refractivity contribution in [3.8, 4) is 0 Å². The molecule has 1 aromatic heterocycles. The first-order valence-electron chi connectivity index (χ1n) is 6.76. The topological polar surface area (TPSA) is 79.1 Å². The minimum absolute atomic E-state index is 0.380. The van der Waals surface area contributed by atoms with Crippen LogP contribution in [0.3, 0.4) is 0 Å². The Balaban J connectivity index is 1.68. The van der Waals surface area contributed by atoms with Gasteiger partial charge in [-0.3, -0.25) is 5.43 Å². The van der Waals surface area contributed by atoms with Crippen LogP contribution in [0.4, 0.5) is 11.8 Å². The Morgan fingerprint density at radius 1 is 1.37 bits per heavy atom. The molecule has 2 unspecified atom stereocenters. The van der Waals surface area contributed by atoms with Gasteiger partial charge < -0.3 is 10.2 Å². The molecular weight excluding hydrogens is 264 g/mol. The monoisotopic (exact) mass is 282 g/mol. The number of piperidine rings is 1. The van der Waals surface area contributed by atoms with Crippen molar-refractivity contribution in [1.29, 1.82) is 0 Å². The molecule has 2 saturated heterocycles. The standard InChI is InChI=1S/C12H19ClN6/c13-10-7-15-12(18-14)17-11(10)16-8-3-5-19-4-1-2-9(19)6-8/h7-9H,1-6,14H2,(H2,15,16,17,18). The molecule has 7 heteroatoms. The molecule has 4 N–H and O–H groups in total. The van der Waals surface area contributed by atoms with Gasteiger partial charge in [0.15, 0.2) is 5.82 Å². The zero-order valence-corrected chi connectivity index (χ0v) is 11.5. The second kappa shape index (κ2) is 5.48. The summed E-state index contributed by atoms with van der Waals surface area (Å²) in [6.07, 6.45) is 6.49. The van der Waals surface area contributed by atoms with Crippen LogP contribution in [0.5, 0.6) is 0 Å². The number of hydrogen-bond donors (Lipinski definition) is 3. The van der Waals surface area contributed by atoms with Crippen molar-refractivity contribution in [2.75, 3.05) is 23.8 Å². The van der Waals surface area contributed by atoms with Crippen LogP contribution >= 0.6 is 11.6 Å². The third-order valence-electron chi connectivity index (χ3n) is 4.03. The van der Waals surface area contributed by atoms with Gasteiger partial charge in [-0.15, -0.1) is 0 Å². The normalized spacial score (nSPS) is 27.1. The van der Waals surface area contributed by atoms with Crippen molar-refractivity contribution in [3.63, 3.8) is 0 Å². The predicted octanol–water partition coefficient (Wildman–Crippen LogP) is 1.45. The lowest BCUT2D eigenvalue weighted by atomic mass is 9.97. The second-order valence-corrected chi connectivity index (χ2v) is 5.64. The van der Waals surface area contributed by atoms with Gasteiger partial charge in [-0.25, -0.2) is 10.8 Å². The van der Waals surface area contributed by atoms with Crippen LogP contribution in [0, 0.1) is 0 Å². The molecule has 0 aliphatic carbocycles. The van der Waals surface area contributed by atoms with E-state index in [1.54, 1.807) is 6.20 Å². The fourth-order valence-electron chi connectivity index (χ4n) is 3.09. The summed E-state index contributed by atoms with van der Waals surface area (Å²) in [6.45, 7) is 2.42. The summed E-state index contributed by atoms with van der Waals surface area (Å²) < 4.78 is 0. The summed E-state index contributed by atoms with van der Waals surface area (Å²) in [5.74, 6) is 6.37. The van der Waals surface area contributed by atoms with Crippen LogP contribution < -0.4 is 16.6 Å². The number of halogens is 1. The molecule has 2 aliphatic rings. The third kappa shape index (κ3) is 2.75. The zero-order valence-electron chi connectivity index (χ0n) is 10.8. The molecule has 3 heterocycles. The van der Waals surface area contributed by atoms with Gasteiger partial charge >= 0.3 is 0 Å². The van der Waals surface area contributed by atoms with E-state index in [1.165, 1.54) is 19.4 Å². The molecule has 2 fully saturated rings. The number of fused-ring (bicyclic) bond motifs is 1. The average molecular weight is 283 g/mol. The Hall–Kier alpha value is -1.11. The van der Waals surface area contributed by atoms with Gasteiger partial charge in [0.25, 0.3) is 0 Å². The van der Waals surface area contributed by atoms with Gasteiger partial charge in [-0.1, -0.05) is 11.6 Å². The number of nitrogens with zero attached hydrogens (tertiary/aromatic N) is 3. The van der Waals surface area contributed by atoms with E-state index in [-0.39, 0.29) is 0 Å². The lowest BCUT2D eigenvalue weighted by Crippen LogP contribution is -2.42. The second-order valence-electron chi connectivity index (χ2n) is 5.23. The molecular formula is C12H19ClN6. The van der Waals surface area contributed by atoms with E-state index in [2.05, 4.69) is 25.6 Å². The van der Waals surface area contributed by atoms with Gasteiger partial charge in [-0.05, 0) is 32.2 Å². The number of anilines is 2. The minimum Gasteiger partial charge on any atom is -0.366 e. The Labute approximate surface area is 117 Å². The molecule has 0 amide bonds. The van der Waals surface area contributed by atoms with Gasteiger partial charge in [0, 0.05) is 18.6 Å². The zero-order chi connectivity index (χ0) is 13.2. The summed E-state index contributed by atoms with van der Waals surface area (Å²) in [5, 5.41) is 3.97. The summed E-state index contributed by atoms with van der Waals surface area (Å²) in [6, 6.07) is 1.15. The van der Waals surface area contributed by atoms with E-state index >= 15 is 0 Å². The maximum atomic E-state index is 6.12. The lowest BCUT2D eigenvalue weighted by molar-refractivity contribution is 0.188. The number of hydrazine groups is 1. The van der Waals surface area contributed by atoms with E-state index in [0.717, 1.165) is 25.4 Å². The van der Waals surface area contributed by atoms with Crippen molar-refractivity contribution in [3.05, 3.63) is 11.2 Å². The van der Waals surface area contributed by atoms with Crippen LogP contribution in [-0.4, -0.2) is 40.0 Å². The maximum absolute atomic E-state index is 6.12. The maximum Gasteiger partial charge on any atom is 0.239 e. The highest BCUT2D eigenvalue weighted by Crippen LogP contribution is 2.29. The van der Waals surface area contributed by atoms with E-state index < -0.39 is 0 Å². The highest BCUT2D eigenvalue weighted by atomic mass is 35.5. The van der Waals surface area contributed by atoms with Crippen molar-refractivity contribution in [1.82, 2.24) is 14.9 Å². The molecule has 104 valence electrons. The van der Waals surface area contributed by atoms with E-state index in [9.17, 15) is 0 Å². The molecule has 2 aliphatic heterocycles. The van der Waals surface area contributed by atoms with E-state index in [4.69, 9.17) is 17.4 Å². The summed E-state index contributed by atoms with van der Waals surface area (Å²) in [5.41, 5.74) is 2.44. The van der Waals surface area contributed by atoms with E-state index in [0.29, 0.717) is 22.8 Å². The molecule has 6 nitrogen and oxygen atoms in total. The predicted molar refractivity (Wildman–Crippen MR) is 76.1 cm³/mol. The molecule has 0 saturated carbocycles. The fraction of sp³-hybridized carbons (Fsp3) is 0.667. The molecule has 2 atom stereocenters. The smallest absolute Gasteiger partial charge is 0.239 e. The van der Waals surface area contributed by atoms with Gasteiger partial charge in [0.1, 0.15) is 5.02 Å². The van der Waals surface area contributed by atoms with Gasteiger partial charge in [-0.2, -0.15) is 4.98 Å². The van der Waals surface area contributed by atoms with Crippen LogP contribution in [-0.2, 0) is 0 Å². The number of nitrogen functional groups attached to an aromatic ring is 1. The molecule has 0 bridgehead atoms. The summed E-state index contributed by atoms with van der Waals surface area (Å²) in [7, 11) is 0. The summed E-state index contributed by atoms with van der Waals surface area (Å²) >= 11 is 6.12. The van der Waals surface area contributed by atoms with Crippen molar-refractivity contribution in [2.45, 2.75) is 37.8 Å². The highest BCUT2D eigenvalue weighted by Gasteiger charge is 2.31. The first kappa shape index (κ1) is 12.9. The third-order valence-corrected chi connectivity index (χ3v) is 4.31. The number of hydrogen-bond acceptors (Lipinski definition) is 6. The SMILES string of the molecule is NNc1ncc(Cl)c(NC2CCN3CCCC3C2)n1. The van der Waals surface area contributed by atoms with Crippen LogP contribution in [0.15, 0.2) is 6.20 Å². The molecule has 0 aromatic carbocycles. The number of rotatable bonds is 3. The van der Waals surface area contributed by atoms with Crippen molar-refractivity contribution in [2.24, 2.45) is 5.84 Å². The van der Waals surface area contributed by atoms with Crippen LogP contribution in [0.2, 0.25) is 5.02 Å². The molecule has 0 radical (unpaired) electrons. The number of nitrogens with one attached hydrogen (secondary N) is 2. The largest absolute Gasteiger partial charge is 0.366 e. The Kier molecular flexibility index (Phi) is 3.72. The van der Waals surface area contributed by atoms with Gasteiger partial charge in [0.05, 0.1) is 6.20 Å². The first-order valence-corrected chi connectivity index (χ1v) is 7.14. The Bertz CT molecular complexity index is 454. The van der Waals surface area contributed by atoms with Crippen LogP contribution in [0.1, 0.15) is 25.7 Å². The first-order chi connectivity index (χ1) is 9.26. The van der Waals surface area contributed by atoms with Gasteiger partial charge in [0.2, 0.25) is 5.95 Å². The average Bonchev–Trinajstić information content (AvgIpc) is 2.89. The highest BCUT2D eigenvalue weighted by molar-refractivity contribution is 6.32. The number of nitrogens with two attached hydrogens (primary N) is 1. The molecule has 19 heavy (non-hydrogen) atoms. The number of aromatic nitrogens is 2. The minimum atomic E-state index is 0.380. The van der Waals surface area contributed by atoms with E-state index in [1.807, 2.05) is 0 Å². The Morgan fingerprint density at radius 2 is 2.26 bits per heavy atom. The lowest BCUT2D eigenvalue weighted by Gasteiger charge is -2.35. The van der Waals surface area contributed by atoms with Crippen LogP contribution in [0.25, 0.3) is 0 Å². The van der Waals surface area contributed by atoms with Crippen molar-refractivity contribution < 1.29 is 0 Å². The summed E-state index contributed by atoms with van der Waals surface area (Å²) in [4.78, 5) is 10.8. The molecule has 3 rings (SSSR count). The molecule has 0 spiro atoms.